The van der Waals surface area contributed by atoms with Gasteiger partial charge in [0.15, 0.2) is 16.6 Å². The van der Waals surface area contributed by atoms with Gasteiger partial charge in [-0.3, -0.25) is 9.69 Å². The first kappa shape index (κ1) is 17.1. The van der Waals surface area contributed by atoms with E-state index in [1.807, 2.05) is 13.8 Å². The molecule has 1 aromatic carbocycles. The monoisotopic (exact) mass is 336 g/mol. The van der Waals surface area contributed by atoms with Crippen molar-refractivity contribution in [3.63, 3.8) is 0 Å². The normalized spacial score (nSPS) is 10.3. The van der Waals surface area contributed by atoms with E-state index in [9.17, 15) is 4.79 Å². The van der Waals surface area contributed by atoms with E-state index in [0.29, 0.717) is 27.9 Å². The standard InChI is InChI=1S/C16H20N2O4S/c1-9-10(2)23-16(17-9)18(3)15(19)11-7-12(20-4)14(22-6)13(8-11)21-5/h7-8H,1-6H3. The van der Waals surface area contributed by atoms with Gasteiger partial charge in [0.05, 0.1) is 27.0 Å². The third kappa shape index (κ3) is 3.24. The second kappa shape index (κ2) is 6.87. The Kier molecular flexibility index (Phi) is 5.10. The molecular formula is C16H20N2O4S. The molecule has 124 valence electrons. The molecule has 0 spiro atoms. The molecule has 0 saturated heterocycles. The van der Waals surface area contributed by atoms with Crippen molar-refractivity contribution in [3.8, 4) is 17.2 Å². The van der Waals surface area contributed by atoms with Gasteiger partial charge in [-0.1, -0.05) is 0 Å². The van der Waals surface area contributed by atoms with Crippen molar-refractivity contribution in [2.24, 2.45) is 0 Å². The topological polar surface area (TPSA) is 60.9 Å². The molecule has 0 N–H and O–H groups in total. The molecule has 1 amide bonds. The third-order valence-electron chi connectivity index (χ3n) is 3.52. The van der Waals surface area contributed by atoms with Crippen molar-refractivity contribution in [2.45, 2.75) is 13.8 Å². The maximum Gasteiger partial charge on any atom is 0.260 e. The maximum absolute atomic E-state index is 12.7. The van der Waals surface area contributed by atoms with Crippen molar-refractivity contribution in [2.75, 3.05) is 33.3 Å². The number of hydrogen-bond donors (Lipinski definition) is 0. The molecule has 0 aliphatic carbocycles. The average molecular weight is 336 g/mol. The minimum atomic E-state index is -0.196. The molecule has 2 aromatic rings. The van der Waals surface area contributed by atoms with E-state index >= 15 is 0 Å². The molecule has 0 fully saturated rings. The summed E-state index contributed by atoms with van der Waals surface area (Å²) in [5.74, 6) is 1.14. The Balaban J connectivity index is 2.42. The van der Waals surface area contributed by atoms with Crippen LogP contribution < -0.4 is 19.1 Å². The summed E-state index contributed by atoms with van der Waals surface area (Å²) in [6.45, 7) is 3.90. The Morgan fingerprint density at radius 2 is 1.65 bits per heavy atom. The van der Waals surface area contributed by atoms with Crippen molar-refractivity contribution in [3.05, 3.63) is 28.3 Å². The van der Waals surface area contributed by atoms with Gasteiger partial charge in [-0.15, -0.1) is 11.3 Å². The number of aromatic nitrogens is 1. The van der Waals surface area contributed by atoms with Gasteiger partial charge < -0.3 is 14.2 Å². The number of nitrogens with zero attached hydrogens (tertiary/aromatic N) is 2. The molecule has 0 bridgehead atoms. The number of methoxy groups -OCH3 is 3. The number of aryl methyl sites for hydroxylation is 2. The minimum Gasteiger partial charge on any atom is -0.493 e. The average Bonchev–Trinajstić information content (AvgIpc) is 2.90. The van der Waals surface area contributed by atoms with Crippen molar-refractivity contribution < 1.29 is 19.0 Å². The SMILES string of the molecule is COc1cc(C(=O)N(C)c2nc(C)c(C)s2)cc(OC)c1OC. The predicted molar refractivity (Wildman–Crippen MR) is 90.4 cm³/mol. The van der Waals surface area contributed by atoms with Crippen LogP contribution in [0.15, 0.2) is 12.1 Å². The summed E-state index contributed by atoms with van der Waals surface area (Å²) in [4.78, 5) is 19.8. The zero-order valence-corrected chi connectivity index (χ0v) is 14.9. The lowest BCUT2D eigenvalue weighted by atomic mass is 10.1. The summed E-state index contributed by atoms with van der Waals surface area (Å²) in [7, 11) is 6.25. The second-order valence-electron chi connectivity index (χ2n) is 4.92. The van der Waals surface area contributed by atoms with Gasteiger partial charge in [0.2, 0.25) is 5.75 Å². The predicted octanol–water partition coefficient (Wildman–Crippen LogP) is 3.06. The first-order valence-corrected chi connectivity index (χ1v) is 7.76. The largest absolute Gasteiger partial charge is 0.493 e. The summed E-state index contributed by atoms with van der Waals surface area (Å²) >= 11 is 1.48. The van der Waals surface area contributed by atoms with Gasteiger partial charge in [-0.05, 0) is 26.0 Å². The number of amides is 1. The lowest BCUT2D eigenvalue weighted by Gasteiger charge is -2.17. The van der Waals surface area contributed by atoms with Gasteiger partial charge in [0, 0.05) is 17.5 Å². The van der Waals surface area contributed by atoms with Crippen LogP contribution in [0.4, 0.5) is 5.13 Å². The van der Waals surface area contributed by atoms with Gasteiger partial charge in [-0.25, -0.2) is 4.98 Å². The highest BCUT2D eigenvalue weighted by molar-refractivity contribution is 7.15. The molecular weight excluding hydrogens is 316 g/mol. The Hall–Kier alpha value is -2.28. The highest BCUT2D eigenvalue weighted by Gasteiger charge is 2.22. The number of anilines is 1. The van der Waals surface area contributed by atoms with Crippen LogP contribution >= 0.6 is 11.3 Å². The molecule has 1 heterocycles. The summed E-state index contributed by atoms with van der Waals surface area (Å²) in [5, 5.41) is 0.652. The third-order valence-corrected chi connectivity index (χ3v) is 4.67. The van der Waals surface area contributed by atoms with Crippen LogP contribution in [0, 0.1) is 13.8 Å². The van der Waals surface area contributed by atoms with E-state index in [0.717, 1.165) is 10.6 Å². The Labute approximate surface area is 139 Å². The van der Waals surface area contributed by atoms with Crippen molar-refractivity contribution in [1.29, 1.82) is 0 Å². The van der Waals surface area contributed by atoms with E-state index in [1.165, 1.54) is 37.6 Å². The summed E-state index contributed by atoms with van der Waals surface area (Å²) < 4.78 is 15.9. The maximum atomic E-state index is 12.7. The Bertz CT molecular complexity index is 682. The molecule has 0 aliphatic heterocycles. The van der Waals surface area contributed by atoms with E-state index in [2.05, 4.69) is 4.98 Å². The highest BCUT2D eigenvalue weighted by atomic mass is 32.1. The number of ether oxygens (including phenoxy) is 3. The van der Waals surface area contributed by atoms with E-state index in [-0.39, 0.29) is 5.91 Å². The summed E-state index contributed by atoms with van der Waals surface area (Å²) in [6, 6.07) is 3.26. The minimum absolute atomic E-state index is 0.196. The molecule has 0 aliphatic rings. The first-order chi connectivity index (χ1) is 10.9. The van der Waals surface area contributed by atoms with Crippen LogP contribution in [-0.2, 0) is 0 Å². The first-order valence-electron chi connectivity index (χ1n) is 6.95. The van der Waals surface area contributed by atoms with E-state index < -0.39 is 0 Å². The molecule has 1 aromatic heterocycles. The van der Waals surface area contributed by atoms with Crippen LogP contribution in [0.1, 0.15) is 20.9 Å². The molecule has 7 heteroatoms. The fourth-order valence-corrected chi connectivity index (χ4v) is 2.95. The molecule has 23 heavy (non-hydrogen) atoms. The quantitative estimate of drug-likeness (QED) is 0.840. The van der Waals surface area contributed by atoms with Crippen LogP contribution in [0.25, 0.3) is 0 Å². The zero-order chi connectivity index (χ0) is 17.1. The molecule has 0 unspecified atom stereocenters. The van der Waals surface area contributed by atoms with Gasteiger partial charge in [0.25, 0.3) is 5.91 Å². The fraction of sp³-hybridized carbons (Fsp3) is 0.375. The molecule has 0 atom stereocenters. The number of benzene rings is 1. The Morgan fingerprint density at radius 1 is 1.09 bits per heavy atom. The summed E-state index contributed by atoms with van der Waals surface area (Å²) in [5.41, 5.74) is 1.36. The zero-order valence-electron chi connectivity index (χ0n) is 14.1. The smallest absolute Gasteiger partial charge is 0.260 e. The van der Waals surface area contributed by atoms with Crippen LogP contribution in [0.5, 0.6) is 17.2 Å². The Morgan fingerprint density at radius 3 is 2.04 bits per heavy atom. The van der Waals surface area contributed by atoms with Crippen LogP contribution in [0.2, 0.25) is 0 Å². The number of carbonyl (C=O) groups is 1. The van der Waals surface area contributed by atoms with E-state index in [4.69, 9.17) is 14.2 Å². The van der Waals surface area contributed by atoms with Gasteiger partial charge in [0.1, 0.15) is 0 Å². The van der Waals surface area contributed by atoms with Crippen molar-refractivity contribution in [1.82, 2.24) is 4.98 Å². The number of hydrogen-bond acceptors (Lipinski definition) is 6. The molecule has 6 nitrogen and oxygen atoms in total. The van der Waals surface area contributed by atoms with Crippen LogP contribution in [-0.4, -0.2) is 39.3 Å². The van der Waals surface area contributed by atoms with E-state index in [1.54, 1.807) is 19.2 Å². The van der Waals surface area contributed by atoms with Gasteiger partial charge >= 0.3 is 0 Å². The van der Waals surface area contributed by atoms with Crippen LogP contribution in [0.3, 0.4) is 0 Å². The molecule has 0 saturated carbocycles. The second-order valence-corrected chi connectivity index (χ2v) is 6.10. The number of carbonyl (C=O) groups excluding carboxylic acids is 1. The highest BCUT2D eigenvalue weighted by Crippen LogP contribution is 2.38. The van der Waals surface area contributed by atoms with Gasteiger partial charge in [-0.2, -0.15) is 0 Å². The fourth-order valence-electron chi connectivity index (χ4n) is 2.08. The van der Waals surface area contributed by atoms with Crippen molar-refractivity contribution >= 4 is 22.4 Å². The molecule has 2 rings (SSSR count). The number of thiazole rings is 1. The lowest BCUT2D eigenvalue weighted by molar-refractivity contribution is 0.0992. The molecule has 0 radical (unpaired) electrons. The lowest BCUT2D eigenvalue weighted by Crippen LogP contribution is -2.26. The number of rotatable bonds is 5. The summed E-state index contributed by atoms with van der Waals surface area (Å²) in [6.07, 6.45) is 0.